The molecule has 1 aliphatic heterocycles. The molecule has 0 amide bonds. The maximum Gasteiger partial charge on any atom is 0.110 e. The number of thiazole rings is 1. The molecule has 0 aromatic carbocycles. The van der Waals surface area contributed by atoms with Crippen LogP contribution >= 0.6 is 22.9 Å². The van der Waals surface area contributed by atoms with Gasteiger partial charge in [-0.15, -0.1) is 22.9 Å². The van der Waals surface area contributed by atoms with Crippen molar-refractivity contribution in [2.24, 2.45) is 0 Å². The first kappa shape index (κ1) is 15.2. The number of hydrogen-bond donors (Lipinski definition) is 0. The van der Waals surface area contributed by atoms with E-state index in [9.17, 15) is 0 Å². The number of methoxy groups -OCH3 is 1. The van der Waals surface area contributed by atoms with Gasteiger partial charge in [-0.05, 0) is 26.2 Å². The smallest absolute Gasteiger partial charge is 0.110 e. The molecular weight excluding hydrogens is 280 g/mol. The number of aromatic nitrogens is 1. The standard InChI is InChI=1S/C14H23ClN2OS/c1-4-13(14-16-11(8-15)9-19-14)17-6-5-12(18-3)7-10(17)2/h9-10,12-13H,4-8H2,1-3H3. The van der Waals surface area contributed by atoms with Gasteiger partial charge in [-0.2, -0.15) is 0 Å². The molecule has 1 aliphatic rings. The van der Waals surface area contributed by atoms with Gasteiger partial charge in [-0.25, -0.2) is 4.98 Å². The highest BCUT2D eigenvalue weighted by molar-refractivity contribution is 7.09. The van der Waals surface area contributed by atoms with Gasteiger partial charge in [0.25, 0.3) is 0 Å². The van der Waals surface area contributed by atoms with Crippen LogP contribution in [0.5, 0.6) is 0 Å². The van der Waals surface area contributed by atoms with Crippen LogP contribution in [0.3, 0.4) is 0 Å². The molecule has 5 heteroatoms. The Bertz CT molecular complexity index is 399. The molecule has 19 heavy (non-hydrogen) atoms. The van der Waals surface area contributed by atoms with E-state index in [-0.39, 0.29) is 0 Å². The number of likely N-dealkylation sites (tertiary alicyclic amines) is 1. The van der Waals surface area contributed by atoms with Gasteiger partial charge in [0, 0.05) is 25.1 Å². The Morgan fingerprint density at radius 2 is 2.42 bits per heavy atom. The van der Waals surface area contributed by atoms with Crippen molar-refractivity contribution in [1.82, 2.24) is 9.88 Å². The lowest BCUT2D eigenvalue weighted by Gasteiger charge is -2.41. The Hall–Kier alpha value is -0.160. The SMILES string of the molecule is CCC(c1nc(CCl)cs1)N1CCC(OC)CC1C. The summed E-state index contributed by atoms with van der Waals surface area (Å²) >= 11 is 7.60. The summed E-state index contributed by atoms with van der Waals surface area (Å²) in [5.74, 6) is 0.508. The Balaban J connectivity index is 2.09. The number of halogens is 1. The highest BCUT2D eigenvalue weighted by Crippen LogP contribution is 2.33. The minimum atomic E-state index is 0.415. The van der Waals surface area contributed by atoms with Gasteiger partial charge in [-0.3, -0.25) is 4.90 Å². The summed E-state index contributed by atoms with van der Waals surface area (Å²) in [4.78, 5) is 7.24. The maximum absolute atomic E-state index is 5.85. The van der Waals surface area contributed by atoms with Gasteiger partial charge in [0.15, 0.2) is 0 Å². The molecule has 0 aliphatic carbocycles. The summed E-state index contributed by atoms with van der Waals surface area (Å²) in [5.41, 5.74) is 1.000. The predicted molar refractivity (Wildman–Crippen MR) is 80.9 cm³/mol. The second-order valence-electron chi connectivity index (χ2n) is 5.20. The van der Waals surface area contributed by atoms with Crippen LogP contribution in [0.2, 0.25) is 0 Å². The number of alkyl halides is 1. The topological polar surface area (TPSA) is 25.4 Å². The zero-order valence-corrected chi connectivity index (χ0v) is 13.5. The van der Waals surface area contributed by atoms with Crippen molar-refractivity contribution >= 4 is 22.9 Å². The van der Waals surface area contributed by atoms with Crippen LogP contribution in [0.15, 0.2) is 5.38 Å². The zero-order chi connectivity index (χ0) is 13.8. The monoisotopic (exact) mass is 302 g/mol. The number of piperidine rings is 1. The minimum Gasteiger partial charge on any atom is -0.381 e. The average molecular weight is 303 g/mol. The fourth-order valence-electron chi connectivity index (χ4n) is 2.91. The quantitative estimate of drug-likeness (QED) is 0.773. The van der Waals surface area contributed by atoms with Gasteiger partial charge >= 0.3 is 0 Å². The maximum atomic E-state index is 5.85. The van der Waals surface area contributed by atoms with Crippen LogP contribution in [0.25, 0.3) is 0 Å². The van der Waals surface area contributed by atoms with Crippen LogP contribution in [0, 0.1) is 0 Å². The number of hydrogen-bond acceptors (Lipinski definition) is 4. The summed E-state index contributed by atoms with van der Waals surface area (Å²) in [6.45, 7) is 5.62. The van der Waals surface area contributed by atoms with Crippen LogP contribution in [-0.2, 0) is 10.6 Å². The summed E-state index contributed by atoms with van der Waals surface area (Å²) in [5, 5.41) is 3.29. The van der Waals surface area contributed by atoms with Crippen LogP contribution in [0.4, 0.5) is 0 Å². The third-order valence-electron chi connectivity index (χ3n) is 3.99. The summed E-state index contributed by atoms with van der Waals surface area (Å²) < 4.78 is 5.49. The largest absolute Gasteiger partial charge is 0.381 e. The molecule has 2 rings (SSSR count). The van der Waals surface area contributed by atoms with Crippen LogP contribution < -0.4 is 0 Å². The first-order valence-electron chi connectivity index (χ1n) is 6.98. The highest BCUT2D eigenvalue weighted by Gasteiger charge is 2.31. The highest BCUT2D eigenvalue weighted by atomic mass is 35.5. The Labute approximate surface area is 124 Å². The predicted octanol–water partition coefficient (Wildman–Crippen LogP) is 3.83. The molecule has 2 heterocycles. The fourth-order valence-corrected chi connectivity index (χ4v) is 4.16. The summed E-state index contributed by atoms with van der Waals surface area (Å²) in [6, 6.07) is 0.974. The molecule has 1 fully saturated rings. The van der Waals surface area contributed by atoms with E-state index in [0.29, 0.717) is 24.1 Å². The molecule has 0 N–H and O–H groups in total. The second kappa shape index (κ2) is 7.02. The molecule has 108 valence electrons. The minimum absolute atomic E-state index is 0.415. The first-order chi connectivity index (χ1) is 9.19. The van der Waals surface area contributed by atoms with E-state index >= 15 is 0 Å². The number of nitrogens with zero attached hydrogens (tertiary/aromatic N) is 2. The van der Waals surface area contributed by atoms with E-state index in [4.69, 9.17) is 16.3 Å². The molecule has 0 radical (unpaired) electrons. The second-order valence-corrected chi connectivity index (χ2v) is 6.36. The van der Waals surface area contributed by atoms with Crippen LogP contribution in [0.1, 0.15) is 49.9 Å². The van der Waals surface area contributed by atoms with Gasteiger partial charge in [0.05, 0.1) is 23.7 Å². The Kier molecular flexibility index (Phi) is 5.63. The van der Waals surface area contributed by atoms with E-state index in [1.54, 1.807) is 11.3 Å². The van der Waals surface area contributed by atoms with Crippen molar-refractivity contribution in [2.45, 2.75) is 57.2 Å². The summed E-state index contributed by atoms with van der Waals surface area (Å²) in [6.07, 6.45) is 3.74. The van der Waals surface area contributed by atoms with Crippen molar-refractivity contribution < 1.29 is 4.74 Å². The van der Waals surface area contributed by atoms with E-state index in [0.717, 1.165) is 31.5 Å². The molecule has 1 aromatic rings. The molecular formula is C14H23ClN2OS. The molecule has 0 saturated carbocycles. The molecule has 3 unspecified atom stereocenters. The van der Waals surface area contributed by atoms with E-state index < -0.39 is 0 Å². The van der Waals surface area contributed by atoms with E-state index in [1.807, 2.05) is 7.11 Å². The van der Waals surface area contributed by atoms with Gasteiger partial charge in [0.1, 0.15) is 5.01 Å². The average Bonchev–Trinajstić information content (AvgIpc) is 2.90. The van der Waals surface area contributed by atoms with Crippen molar-refractivity contribution in [1.29, 1.82) is 0 Å². The molecule has 1 saturated heterocycles. The fraction of sp³-hybridized carbons (Fsp3) is 0.786. The number of rotatable bonds is 5. The normalized spacial score (nSPS) is 26.5. The Morgan fingerprint density at radius 3 is 2.95 bits per heavy atom. The van der Waals surface area contributed by atoms with Crippen molar-refractivity contribution in [2.75, 3.05) is 13.7 Å². The summed E-state index contributed by atoms with van der Waals surface area (Å²) in [7, 11) is 1.82. The van der Waals surface area contributed by atoms with Crippen molar-refractivity contribution in [3.63, 3.8) is 0 Å². The van der Waals surface area contributed by atoms with Crippen molar-refractivity contribution in [3.05, 3.63) is 16.1 Å². The van der Waals surface area contributed by atoms with Crippen molar-refractivity contribution in [3.8, 4) is 0 Å². The first-order valence-corrected chi connectivity index (χ1v) is 8.39. The zero-order valence-electron chi connectivity index (χ0n) is 11.9. The molecule has 0 bridgehead atoms. The molecule has 3 atom stereocenters. The third kappa shape index (κ3) is 3.48. The van der Waals surface area contributed by atoms with E-state index in [1.165, 1.54) is 5.01 Å². The van der Waals surface area contributed by atoms with Gasteiger partial charge in [0.2, 0.25) is 0 Å². The number of ether oxygens (including phenoxy) is 1. The molecule has 0 spiro atoms. The lowest BCUT2D eigenvalue weighted by Crippen LogP contribution is -2.45. The lowest BCUT2D eigenvalue weighted by molar-refractivity contribution is -0.00269. The molecule has 3 nitrogen and oxygen atoms in total. The van der Waals surface area contributed by atoms with Gasteiger partial charge in [-0.1, -0.05) is 6.92 Å². The Morgan fingerprint density at radius 1 is 1.63 bits per heavy atom. The third-order valence-corrected chi connectivity index (χ3v) is 5.26. The lowest BCUT2D eigenvalue weighted by atomic mass is 9.98. The van der Waals surface area contributed by atoms with Gasteiger partial charge < -0.3 is 4.74 Å². The van der Waals surface area contributed by atoms with E-state index in [2.05, 4.69) is 29.1 Å². The van der Waals surface area contributed by atoms with Crippen LogP contribution in [-0.4, -0.2) is 35.7 Å². The molecule has 1 aromatic heterocycles.